The number of nitrogens with zero attached hydrogens (tertiary/aromatic N) is 2. The van der Waals surface area contributed by atoms with Crippen LogP contribution in [0.3, 0.4) is 0 Å². The first kappa shape index (κ1) is 15.2. The molecule has 0 spiro atoms. The summed E-state index contributed by atoms with van der Waals surface area (Å²) < 4.78 is 14.7. The summed E-state index contributed by atoms with van der Waals surface area (Å²) in [5, 5.41) is 10.9. The minimum Gasteiger partial charge on any atom is -0.332 e. The van der Waals surface area contributed by atoms with Crippen molar-refractivity contribution in [1.29, 1.82) is 0 Å². The van der Waals surface area contributed by atoms with E-state index in [1.54, 1.807) is 23.0 Å². The molecule has 0 aliphatic rings. The smallest absolute Gasteiger partial charge is 0.175 e. The van der Waals surface area contributed by atoms with E-state index in [0.717, 1.165) is 16.9 Å². The predicted octanol–water partition coefficient (Wildman–Crippen LogP) is 3.88. The maximum absolute atomic E-state index is 12.9. The Morgan fingerprint density at radius 2 is 1.70 bits per heavy atom. The third-order valence-electron chi connectivity index (χ3n) is 3.18. The lowest BCUT2D eigenvalue weighted by Crippen LogP contribution is -2.18. The number of thiocarbonyl (C=S) groups is 1. The van der Waals surface area contributed by atoms with Crippen LogP contribution in [0.2, 0.25) is 0 Å². The molecule has 116 valence electrons. The number of benzene rings is 2. The van der Waals surface area contributed by atoms with Gasteiger partial charge in [-0.05, 0) is 42.0 Å². The lowest BCUT2D eigenvalue weighted by molar-refractivity contribution is 0.624. The Balaban J connectivity index is 1.58. The summed E-state index contributed by atoms with van der Waals surface area (Å²) in [4.78, 5) is 0. The van der Waals surface area contributed by atoms with Gasteiger partial charge in [0.25, 0.3) is 0 Å². The van der Waals surface area contributed by atoms with Crippen LogP contribution in [0.25, 0.3) is 0 Å². The largest absolute Gasteiger partial charge is 0.332 e. The third kappa shape index (κ3) is 4.37. The quantitative estimate of drug-likeness (QED) is 0.714. The van der Waals surface area contributed by atoms with Crippen LogP contribution in [0.4, 0.5) is 15.8 Å². The summed E-state index contributed by atoms with van der Waals surface area (Å²) in [6, 6.07) is 16.1. The number of halogens is 1. The molecule has 0 saturated carbocycles. The van der Waals surface area contributed by atoms with E-state index in [0.29, 0.717) is 11.7 Å². The van der Waals surface area contributed by atoms with E-state index in [1.807, 2.05) is 36.5 Å². The normalized spacial score (nSPS) is 10.3. The molecule has 0 saturated heterocycles. The molecule has 0 amide bonds. The minimum atomic E-state index is -0.242. The van der Waals surface area contributed by atoms with Gasteiger partial charge < -0.3 is 10.6 Å². The van der Waals surface area contributed by atoms with Gasteiger partial charge in [-0.2, -0.15) is 5.10 Å². The van der Waals surface area contributed by atoms with Crippen LogP contribution in [0, 0.1) is 5.82 Å². The van der Waals surface area contributed by atoms with Gasteiger partial charge in [-0.25, -0.2) is 4.39 Å². The topological polar surface area (TPSA) is 41.9 Å². The van der Waals surface area contributed by atoms with Crippen LogP contribution in [-0.2, 0) is 6.54 Å². The van der Waals surface area contributed by atoms with Gasteiger partial charge in [0.15, 0.2) is 5.11 Å². The zero-order valence-corrected chi connectivity index (χ0v) is 13.1. The molecular formula is C17H15FN4S. The fourth-order valence-corrected chi connectivity index (χ4v) is 2.34. The summed E-state index contributed by atoms with van der Waals surface area (Å²) in [6.07, 6.45) is 3.55. The maximum atomic E-state index is 12.9. The van der Waals surface area contributed by atoms with E-state index < -0.39 is 0 Å². The second-order valence-electron chi connectivity index (χ2n) is 5.00. The molecule has 4 nitrogen and oxygen atoms in total. The molecule has 0 radical (unpaired) electrons. The molecule has 0 aliphatic heterocycles. The Morgan fingerprint density at radius 3 is 2.43 bits per heavy atom. The van der Waals surface area contributed by atoms with Crippen LogP contribution in [-0.4, -0.2) is 14.9 Å². The van der Waals surface area contributed by atoms with Gasteiger partial charge in [0, 0.05) is 11.9 Å². The number of nitrogens with one attached hydrogen (secondary N) is 2. The minimum absolute atomic E-state index is 0.242. The average molecular weight is 326 g/mol. The maximum Gasteiger partial charge on any atom is 0.175 e. The lowest BCUT2D eigenvalue weighted by atomic mass is 10.2. The van der Waals surface area contributed by atoms with Gasteiger partial charge in [0.1, 0.15) is 5.82 Å². The summed E-state index contributed by atoms with van der Waals surface area (Å²) in [5.41, 5.74) is 2.69. The van der Waals surface area contributed by atoms with Crippen molar-refractivity contribution in [3.8, 4) is 0 Å². The zero-order chi connectivity index (χ0) is 16.1. The summed E-state index contributed by atoms with van der Waals surface area (Å²) in [5.74, 6) is -0.242. The first-order valence-electron chi connectivity index (χ1n) is 7.09. The van der Waals surface area contributed by atoms with E-state index in [4.69, 9.17) is 12.2 Å². The lowest BCUT2D eigenvalue weighted by Gasteiger charge is -2.08. The van der Waals surface area contributed by atoms with Crippen LogP contribution >= 0.6 is 12.2 Å². The molecule has 0 atom stereocenters. The Kier molecular flexibility index (Phi) is 4.63. The Morgan fingerprint density at radius 1 is 1.00 bits per heavy atom. The van der Waals surface area contributed by atoms with E-state index in [1.165, 1.54) is 12.1 Å². The molecule has 2 N–H and O–H groups in total. The van der Waals surface area contributed by atoms with Crippen molar-refractivity contribution in [3.63, 3.8) is 0 Å². The summed E-state index contributed by atoms with van der Waals surface area (Å²) >= 11 is 5.27. The van der Waals surface area contributed by atoms with E-state index >= 15 is 0 Å². The highest BCUT2D eigenvalue weighted by molar-refractivity contribution is 7.80. The number of anilines is 2. The van der Waals surface area contributed by atoms with Gasteiger partial charge in [0.05, 0.1) is 18.4 Å². The molecule has 0 fully saturated rings. The number of hydrogen-bond acceptors (Lipinski definition) is 2. The van der Waals surface area contributed by atoms with Crippen LogP contribution in [0.1, 0.15) is 5.56 Å². The van der Waals surface area contributed by atoms with Crippen molar-refractivity contribution < 1.29 is 4.39 Å². The highest BCUT2D eigenvalue weighted by Crippen LogP contribution is 2.10. The van der Waals surface area contributed by atoms with Crippen molar-refractivity contribution in [2.24, 2.45) is 0 Å². The number of aromatic nitrogens is 2. The van der Waals surface area contributed by atoms with Crippen molar-refractivity contribution in [3.05, 3.63) is 78.4 Å². The average Bonchev–Trinajstić information content (AvgIpc) is 2.97. The molecule has 3 rings (SSSR count). The van der Waals surface area contributed by atoms with E-state index in [9.17, 15) is 4.39 Å². The first-order valence-corrected chi connectivity index (χ1v) is 7.50. The number of hydrogen-bond donors (Lipinski definition) is 2. The monoisotopic (exact) mass is 326 g/mol. The van der Waals surface area contributed by atoms with Gasteiger partial charge in [-0.15, -0.1) is 0 Å². The zero-order valence-electron chi connectivity index (χ0n) is 12.2. The fourth-order valence-electron chi connectivity index (χ4n) is 2.11. The van der Waals surface area contributed by atoms with E-state index in [2.05, 4.69) is 15.7 Å². The summed E-state index contributed by atoms with van der Waals surface area (Å²) in [7, 11) is 0. The van der Waals surface area contributed by atoms with Crippen LogP contribution in [0.5, 0.6) is 0 Å². The van der Waals surface area contributed by atoms with Crippen LogP contribution < -0.4 is 10.6 Å². The van der Waals surface area contributed by atoms with Crippen LogP contribution in [0.15, 0.2) is 67.0 Å². The molecule has 0 aliphatic carbocycles. The fraction of sp³-hybridized carbons (Fsp3) is 0.0588. The van der Waals surface area contributed by atoms with Crippen molar-refractivity contribution in [2.75, 3.05) is 10.6 Å². The van der Waals surface area contributed by atoms with Gasteiger partial charge in [0.2, 0.25) is 0 Å². The van der Waals surface area contributed by atoms with Crippen molar-refractivity contribution in [1.82, 2.24) is 9.78 Å². The standard InChI is InChI=1S/C17H15FN4S/c18-14-8-6-13(7-9-14)11-22-12-16(10-19-22)21-17(23)20-15-4-2-1-3-5-15/h1-10,12H,11H2,(H2,20,21,23). The third-order valence-corrected chi connectivity index (χ3v) is 3.38. The Labute approximate surface area is 139 Å². The van der Waals surface area contributed by atoms with Gasteiger partial charge in [-0.1, -0.05) is 30.3 Å². The molecule has 23 heavy (non-hydrogen) atoms. The number of rotatable bonds is 4. The first-order chi connectivity index (χ1) is 11.2. The van der Waals surface area contributed by atoms with Crippen molar-refractivity contribution >= 4 is 28.7 Å². The highest BCUT2D eigenvalue weighted by atomic mass is 32.1. The molecule has 1 aromatic heterocycles. The Hall–Kier alpha value is -2.73. The molecule has 0 bridgehead atoms. The molecule has 1 heterocycles. The molecular weight excluding hydrogens is 311 g/mol. The summed E-state index contributed by atoms with van der Waals surface area (Å²) in [6.45, 7) is 0.570. The van der Waals surface area contributed by atoms with Gasteiger partial charge >= 0.3 is 0 Å². The highest BCUT2D eigenvalue weighted by Gasteiger charge is 2.03. The van der Waals surface area contributed by atoms with Crippen molar-refractivity contribution in [2.45, 2.75) is 6.54 Å². The molecule has 0 unspecified atom stereocenters. The van der Waals surface area contributed by atoms with Gasteiger partial charge in [-0.3, -0.25) is 4.68 Å². The second-order valence-corrected chi connectivity index (χ2v) is 5.41. The molecule has 6 heteroatoms. The molecule has 3 aromatic rings. The Bertz CT molecular complexity index is 784. The number of para-hydroxylation sites is 1. The second kappa shape index (κ2) is 7.02. The molecule has 2 aromatic carbocycles. The SMILES string of the molecule is Fc1ccc(Cn2cc(NC(=S)Nc3ccccc3)cn2)cc1. The predicted molar refractivity (Wildman–Crippen MR) is 94.0 cm³/mol. The van der Waals surface area contributed by atoms with E-state index in [-0.39, 0.29) is 5.82 Å².